The Morgan fingerprint density at radius 2 is 2.07 bits per heavy atom. The number of hydrogen-bond acceptors (Lipinski definition) is 1. The van der Waals surface area contributed by atoms with Gasteiger partial charge in [0, 0.05) is 12.8 Å². The molecule has 0 aromatic rings. The molecule has 1 aliphatic carbocycles. The van der Waals surface area contributed by atoms with Crippen molar-refractivity contribution in [3.8, 4) is 0 Å². The van der Waals surface area contributed by atoms with Gasteiger partial charge in [-0.15, -0.1) is 11.6 Å². The van der Waals surface area contributed by atoms with Crippen LogP contribution in [0.2, 0.25) is 0 Å². The SMILES string of the molecule is CC1(C(Cl)C(F)(F)F)CCCC(=O)C1. The fourth-order valence-corrected chi connectivity index (χ4v) is 2.11. The highest BCUT2D eigenvalue weighted by Crippen LogP contribution is 2.46. The van der Waals surface area contributed by atoms with Gasteiger partial charge in [-0.2, -0.15) is 13.2 Å². The summed E-state index contributed by atoms with van der Waals surface area (Å²) in [4.78, 5) is 11.1. The molecule has 0 aromatic heterocycles. The first kappa shape index (κ1) is 11.8. The first-order chi connectivity index (χ1) is 6.26. The third-order valence-corrected chi connectivity index (χ3v) is 3.48. The van der Waals surface area contributed by atoms with Crippen LogP contribution in [0.25, 0.3) is 0 Å². The molecule has 0 heterocycles. The third-order valence-electron chi connectivity index (χ3n) is 2.70. The molecule has 2 unspecified atom stereocenters. The predicted molar refractivity (Wildman–Crippen MR) is 47.3 cm³/mol. The lowest BCUT2D eigenvalue weighted by atomic mass is 9.72. The zero-order valence-electron chi connectivity index (χ0n) is 7.83. The van der Waals surface area contributed by atoms with Crippen molar-refractivity contribution in [1.29, 1.82) is 0 Å². The first-order valence-electron chi connectivity index (χ1n) is 4.48. The maximum Gasteiger partial charge on any atom is 0.405 e. The number of carbonyl (C=O) groups excluding carboxylic acids is 1. The molecule has 0 radical (unpaired) electrons. The number of alkyl halides is 4. The van der Waals surface area contributed by atoms with Crippen molar-refractivity contribution in [3.05, 3.63) is 0 Å². The van der Waals surface area contributed by atoms with E-state index < -0.39 is 17.0 Å². The van der Waals surface area contributed by atoms with Crippen LogP contribution in [0.5, 0.6) is 0 Å². The quantitative estimate of drug-likeness (QED) is 0.630. The Kier molecular flexibility index (Phi) is 3.14. The number of carbonyl (C=O) groups is 1. The van der Waals surface area contributed by atoms with Gasteiger partial charge in [0.15, 0.2) is 0 Å². The molecule has 0 aliphatic heterocycles. The maximum atomic E-state index is 12.4. The minimum absolute atomic E-state index is 0.0549. The van der Waals surface area contributed by atoms with E-state index >= 15 is 0 Å². The zero-order chi connectivity index (χ0) is 11.0. The topological polar surface area (TPSA) is 17.1 Å². The molecule has 0 aromatic carbocycles. The van der Waals surface area contributed by atoms with Crippen LogP contribution >= 0.6 is 11.6 Å². The van der Waals surface area contributed by atoms with Crippen molar-refractivity contribution in [3.63, 3.8) is 0 Å². The van der Waals surface area contributed by atoms with Crippen LogP contribution in [0.15, 0.2) is 0 Å². The Labute approximate surface area is 85.6 Å². The van der Waals surface area contributed by atoms with Gasteiger partial charge < -0.3 is 0 Å². The molecule has 14 heavy (non-hydrogen) atoms. The number of Topliss-reactive ketones (excluding diaryl/α,β-unsaturated/α-hetero) is 1. The van der Waals surface area contributed by atoms with Crippen LogP contribution in [0.3, 0.4) is 0 Å². The fourth-order valence-electron chi connectivity index (χ4n) is 1.93. The highest BCUT2D eigenvalue weighted by atomic mass is 35.5. The van der Waals surface area contributed by atoms with Crippen molar-refractivity contribution in [2.75, 3.05) is 0 Å². The van der Waals surface area contributed by atoms with E-state index in [-0.39, 0.29) is 12.2 Å². The lowest BCUT2D eigenvalue weighted by Gasteiger charge is -2.37. The molecular formula is C9H12ClF3O. The monoisotopic (exact) mass is 228 g/mol. The van der Waals surface area contributed by atoms with E-state index in [0.717, 1.165) is 0 Å². The number of hydrogen-bond donors (Lipinski definition) is 0. The molecule has 0 spiro atoms. The van der Waals surface area contributed by atoms with Gasteiger partial charge in [-0.3, -0.25) is 4.79 Å². The second-order valence-corrected chi connectivity index (χ2v) is 4.56. The zero-order valence-corrected chi connectivity index (χ0v) is 8.58. The molecule has 1 nitrogen and oxygen atoms in total. The maximum absolute atomic E-state index is 12.4. The molecule has 1 fully saturated rings. The van der Waals surface area contributed by atoms with E-state index in [0.29, 0.717) is 19.3 Å². The molecule has 1 rings (SSSR count). The van der Waals surface area contributed by atoms with Gasteiger partial charge in [0.05, 0.1) is 0 Å². The standard InChI is InChI=1S/C9H12ClF3O/c1-8(7(10)9(11,12)13)4-2-3-6(14)5-8/h7H,2-5H2,1H3. The predicted octanol–water partition coefficient (Wildman–Crippen LogP) is 3.31. The highest BCUT2D eigenvalue weighted by molar-refractivity contribution is 6.21. The number of ketones is 1. The van der Waals surface area contributed by atoms with Crippen LogP contribution in [0.1, 0.15) is 32.6 Å². The van der Waals surface area contributed by atoms with Crippen molar-refractivity contribution in [1.82, 2.24) is 0 Å². The Morgan fingerprint density at radius 1 is 1.50 bits per heavy atom. The molecule has 1 aliphatic rings. The summed E-state index contributed by atoms with van der Waals surface area (Å²) in [6, 6.07) is 0. The van der Waals surface area contributed by atoms with E-state index in [1.54, 1.807) is 0 Å². The molecule has 0 saturated heterocycles. The molecule has 2 atom stereocenters. The van der Waals surface area contributed by atoms with Crippen molar-refractivity contribution < 1.29 is 18.0 Å². The Balaban J connectivity index is 2.78. The van der Waals surface area contributed by atoms with Gasteiger partial charge in [0.2, 0.25) is 0 Å². The van der Waals surface area contributed by atoms with Crippen molar-refractivity contribution >= 4 is 17.4 Å². The normalized spacial score (nSPS) is 31.6. The van der Waals surface area contributed by atoms with Crippen LogP contribution in [0, 0.1) is 5.41 Å². The molecule has 0 amide bonds. The van der Waals surface area contributed by atoms with Gasteiger partial charge in [-0.05, 0) is 18.3 Å². The summed E-state index contributed by atoms with van der Waals surface area (Å²) in [5, 5.41) is -1.92. The van der Waals surface area contributed by atoms with Gasteiger partial charge in [0.25, 0.3) is 0 Å². The largest absolute Gasteiger partial charge is 0.405 e. The number of halogens is 4. The van der Waals surface area contributed by atoms with E-state index in [9.17, 15) is 18.0 Å². The van der Waals surface area contributed by atoms with E-state index in [1.807, 2.05) is 0 Å². The average molecular weight is 229 g/mol. The van der Waals surface area contributed by atoms with E-state index in [1.165, 1.54) is 6.92 Å². The van der Waals surface area contributed by atoms with Gasteiger partial charge in [-0.25, -0.2) is 0 Å². The average Bonchev–Trinajstić information content (AvgIpc) is 2.01. The van der Waals surface area contributed by atoms with Crippen molar-refractivity contribution in [2.24, 2.45) is 5.41 Å². The van der Waals surface area contributed by atoms with Crippen LogP contribution in [-0.2, 0) is 4.79 Å². The smallest absolute Gasteiger partial charge is 0.300 e. The van der Waals surface area contributed by atoms with Crippen LogP contribution in [-0.4, -0.2) is 17.3 Å². The summed E-state index contributed by atoms with van der Waals surface area (Å²) in [7, 11) is 0. The summed E-state index contributed by atoms with van der Waals surface area (Å²) >= 11 is 5.37. The second-order valence-electron chi connectivity index (χ2n) is 4.13. The van der Waals surface area contributed by atoms with Gasteiger partial charge in [0.1, 0.15) is 11.2 Å². The summed E-state index contributed by atoms with van der Waals surface area (Å²) in [5.41, 5.74) is -1.12. The van der Waals surface area contributed by atoms with Crippen molar-refractivity contribution in [2.45, 2.75) is 44.2 Å². The molecule has 0 bridgehead atoms. The Bertz CT molecular complexity index is 239. The van der Waals surface area contributed by atoms with Crippen LogP contribution in [0.4, 0.5) is 13.2 Å². The molecule has 0 N–H and O–H groups in total. The molecule has 1 saturated carbocycles. The summed E-state index contributed by atoms with van der Waals surface area (Å²) in [6.07, 6.45) is -3.22. The minimum Gasteiger partial charge on any atom is -0.300 e. The Morgan fingerprint density at radius 3 is 2.50 bits per heavy atom. The lowest BCUT2D eigenvalue weighted by Crippen LogP contribution is -2.42. The highest BCUT2D eigenvalue weighted by Gasteiger charge is 2.51. The first-order valence-corrected chi connectivity index (χ1v) is 4.92. The minimum atomic E-state index is -4.42. The summed E-state index contributed by atoms with van der Waals surface area (Å²) in [6.45, 7) is 1.44. The van der Waals surface area contributed by atoms with E-state index in [2.05, 4.69) is 0 Å². The fraction of sp³-hybridized carbons (Fsp3) is 0.889. The summed E-state index contributed by atoms with van der Waals surface area (Å²) in [5.74, 6) is -0.117. The second kappa shape index (κ2) is 3.72. The van der Waals surface area contributed by atoms with Gasteiger partial charge in [-0.1, -0.05) is 6.92 Å². The lowest BCUT2D eigenvalue weighted by molar-refractivity contribution is -0.157. The van der Waals surface area contributed by atoms with Gasteiger partial charge >= 0.3 is 6.18 Å². The molecule has 82 valence electrons. The Hall–Kier alpha value is -0.250. The summed E-state index contributed by atoms with van der Waals surface area (Å²) < 4.78 is 37.1. The molecule has 5 heteroatoms. The molecular weight excluding hydrogens is 217 g/mol. The third kappa shape index (κ3) is 2.41. The van der Waals surface area contributed by atoms with Crippen LogP contribution < -0.4 is 0 Å². The number of rotatable bonds is 1. The van der Waals surface area contributed by atoms with E-state index in [4.69, 9.17) is 11.6 Å².